The molecule has 0 saturated heterocycles. The van der Waals surface area contributed by atoms with Gasteiger partial charge in [0.25, 0.3) is 0 Å². The highest BCUT2D eigenvalue weighted by Gasteiger charge is 2.32. The molecule has 0 spiro atoms. The highest BCUT2D eigenvalue weighted by molar-refractivity contribution is 5.90. The Morgan fingerprint density at radius 1 is 1.35 bits per heavy atom. The molecule has 1 amide bonds. The predicted octanol–water partition coefficient (Wildman–Crippen LogP) is 2.50. The second kappa shape index (κ2) is 6.89. The van der Waals surface area contributed by atoms with Gasteiger partial charge in [-0.25, -0.2) is 4.79 Å². The summed E-state index contributed by atoms with van der Waals surface area (Å²) >= 11 is 0. The van der Waals surface area contributed by atoms with E-state index in [4.69, 9.17) is 5.11 Å². The molecule has 1 atom stereocenters. The molecule has 108 valence electrons. The first kappa shape index (κ1) is 16.0. The van der Waals surface area contributed by atoms with E-state index in [1.54, 1.807) is 19.9 Å². The third kappa shape index (κ3) is 3.95. The lowest BCUT2D eigenvalue weighted by Gasteiger charge is -2.26. The zero-order chi connectivity index (χ0) is 15.2. The molecule has 0 aliphatic heterocycles. The molecule has 0 bridgehead atoms. The molecule has 1 unspecified atom stereocenters. The Morgan fingerprint density at radius 2 is 1.95 bits per heavy atom. The van der Waals surface area contributed by atoms with Crippen molar-refractivity contribution in [2.24, 2.45) is 0 Å². The van der Waals surface area contributed by atoms with Gasteiger partial charge in [0.15, 0.2) is 0 Å². The Hall–Kier alpha value is -2.10. The van der Waals surface area contributed by atoms with Crippen molar-refractivity contribution < 1.29 is 14.7 Å². The average molecular weight is 275 g/mol. The lowest BCUT2D eigenvalue weighted by Crippen LogP contribution is -2.48. The van der Waals surface area contributed by atoms with Crippen molar-refractivity contribution in [3.8, 4) is 0 Å². The van der Waals surface area contributed by atoms with E-state index in [1.807, 2.05) is 30.3 Å². The number of benzene rings is 1. The van der Waals surface area contributed by atoms with Crippen LogP contribution in [0, 0.1) is 0 Å². The maximum atomic E-state index is 12.3. The summed E-state index contributed by atoms with van der Waals surface area (Å²) in [6, 6.07) is 8.43. The van der Waals surface area contributed by atoms with E-state index in [1.165, 1.54) is 0 Å². The molecule has 0 fully saturated rings. The van der Waals surface area contributed by atoms with Gasteiger partial charge >= 0.3 is 5.97 Å². The van der Waals surface area contributed by atoms with Gasteiger partial charge in [-0.05, 0) is 32.3 Å². The van der Waals surface area contributed by atoms with Gasteiger partial charge in [0.2, 0.25) is 5.91 Å². The Kier molecular flexibility index (Phi) is 5.50. The molecular weight excluding hydrogens is 254 g/mol. The zero-order valence-electron chi connectivity index (χ0n) is 11.9. The maximum absolute atomic E-state index is 12.3. The average Bonchev–Trinajstić information content (AvgIpc) is 2.43. The monoisotopic (exact) mass is 275 g/mol. The zero-order valence-corrected chi connectivity index (χ0v) is 11.9. The Labute approximate surface area is 119 Å². The van der Waals surface area contributed by atoms with Gasteiger partial charge in [-0.1, -0.05) is 36.4 Å². The number of carbonyl (C=O) groups excluding carboxylic acids is 1. The van der Waals surface area contributed by atoms with Crippen LogP contribution in [-0.2, 0) is 15.0 Å². The lowest BCUT2D eigenvalue weighted by atomic mass is 9.83. The first-order valence-electron chi connectivity index (χ1n) is 6.59. The van der Waals surface area contributed by atoms with Crippen LogP contribution in [0.25, 0.3) is 0 Å². The van der Waals surface area contributed by atoms with Gasteiger partial charge in [-0.3, -0.25) is 4.79 Å². The van der Waals surface area contributed by atoms with Crippen LogP contribution in [0.5, 0.6) is 0 Å². The number of amides is 1. The van der Waals surface area contributed by atoms with E-state index < -0.39 is 17.4 Å². The molecule has 4 heteroatoms. The molecule has 0 aromatic heterocycles. The standard InChI is InChI=1S/C16H21NO3/c1-4-5-11-13(14(18)19)17-15(20)16(2,3)12-9-7-6-8-10-12/h4,6-10,13H,1,5,11H2,2-3H3,(H,17,20)(H,18,19). The van der Waals surface area contributed by atoms with Crippen LogP contribution >= 0.6 is 0 Å². The highest BCUT2D eigenvalue weighted by Crippen LogP contribution is 2.23. The molecule has 2 N–H and O–H groups in total. The summed E-state index contributed by atoms with van der Waals surface area (Å²) in [7, 11) is 0. The number of allylic oxidation sites excluding steroid dienone is 1. The third-order valence-corrected chi connectivity index (χ3v) is 3.33. The Balaban J connectivity index is 2.82. The minimum atomic E-state index is -1.02. The first-order chi connectivity index (χ1) is 9.39. The van der Waals surface area contributed by atoms with E-state index in [0.29, 0.717) is 12.8 Å². The van der Waals surface area contributed by atoms with Gasteiger partial charge in [-0.2, -0.15) is 0 Å². The SMILES string of the molecule is C=CCCC(NC(=O)C(C)(C)c1ccccc1)C(=O)O. The molecule has 0 radical (unpaired) electrons. The smallest absolute Gasteiger partial charge is 0.326 e. The number of hydrogen-bond acceptors (Lipinski definition) is 2. The number of carbonyl (C=O) groups is 2. The summed E-state index contributed by atoms with van der Waals surface area (Å²) in [6.07, 6.45) is 2.53. The summed E-state index contributed by atoms with van der Waals surface area (Å²) in [6.45, 7) is 7.13. The molecule has 0 aliphatic carbocycles. The van der Waals surface area contributed by atoms with Crippen LogP contribution in [0.3, 0.4) is 0 Å². The van der Waals surface area contributed by atoms with Crippen molar-refractivity contribution >= 4 is 11.9 Å². The number of rotatable bonds is 7. The molecule has 0 saturated carbocycles. The number of nitrogens with one attached hydrogen (secondary N) is 1. The minimum absolute atomic E-state index is 0.292. The summed E-state index contributed by atoms with van der Waals surface area (Å²) in [5.74, 6) is -1.32. The minimum Gasteiger partial charge on any atom is -0.480 e. The lowest BCUT2D eigenvalue weighted by molar-refractivity contribution is -0.142. The third-order valence-electron chi connectivity index (χ3n) is 3.33. The van der Waals surface area contributed by atoms with E-state index >= 15 is 0 Å². The largest absolute Gasteiger partial charge is 0.480 e. The molecule has 1 aromatic rings. The Morgan fingerprint density at radius 3 is 2.45 bits per heavy atom. The van der Waals surface area contributed by atoms with Gasteiger partial charge in [0.1, 0.15) is 6.04 Å². The number of carboxylic acids is 1. The van der Waals surface area contributed by atoms with Gasteiger partial charge < -0.3 is 10.4 Å². The van der Waals surface area contributed by atoms with Crippen molar-refractivity contribution in [2.45, 2.75) is 38.1 Å². The van der Waals surface area contributed by atoms with Crippen LogP contribution < -0.4 is 5.32 Å². The fourth-order valence-electron chi connectivity index (χ4n) is 1.87. The highest BCUT2D eigenvalue weighted by atomic mass is 16.4. The van der Waals surface area contributed by atoms with Gasteiger partial charge in [0, 0.05) is 0 Å². The normalized spacial score (nSPS) is 12.5. The predicted molar refractivity (Wildman–Crippen MR) is 78.5 cm³/mol. The number of hydrogen-bond donors (Lipinski definition) is 2. The Bertz CT molecular complexity index is 480. The molecule has 20 heavy (non-hydrogen) atoms. The van der Waals surface area contributed by atoms with E-state index in [2.05, 4.69) is 11.9 Å². The van der Waals surface area contributed by atoms with Crippen molar-refractivity contribution in [3.63, 3.8) is 0 Å². The van der Waals surface area contributed by atoms with Crippen LogP contribution in [0.2, 0.25) is 0 Å². The molecular formula is C16H21NO3. The molecule has 4 nitrogen and oxygen atoms in total. The van der Waals surface area contributed by atoms with Crippen molar-refractivity contribution in [1.82, 2.24) is 5.32 Å². The molecule has 0 aliphatic rings. The maximum Gasteiger partial charge on any atom is 0.326 e. The number of aliphatic carboxylic acids is 1. The molecule has 1 aromatic carbocycles. The van der Waals surface area contributed by atoms with E-state index in [-0.39, 0.29) is 5.91 Å². The summed E-state index contributed by atoms with van der Waals surface area (Å²) < 4.78 is 0. The topological polar surface area (TPSA) is 66.4 Å². The second-order valence-corrected chi connectivity index (χ2v) is 5.22. The summed E-state index contributed by atoms with van der Waals surface area (Å²) in [4.78, 5) is 23.5. The second-order valence-electron chi connectivity index (χ2n) is 5.22. The molecule has 0 heterocycles. The van der Waals surface area contributed by atoms with E-state index in [9.17, 15) is 9.59 Å². The van der Waals surface area contributed by atoms with Crippen molar-refractivity contribution in [3.05, 3.63) is 48.6 Å². The van der Waals surface area contributed by atoms with Crippen molar-refractivity contribution in [1.29, 1.82) is 0 Å². The van der Waals surface area contributed by atoms with Gasteiger partial charge in [-0.15, -0.1) is 6.58 Å². The summed E-state index contributed by atoms with van der Waals surface area (Å²) in [5.41, 5.74) is 0.0775. The van der Waals surface area contributed by atoms with Crippen LogP contribution in [0.4, 0.5) is 0 Å². The quantitative estimate of drug-likeness (QED) is 0.751. The van der Waals surface area contributed by atoms with Gasteiger partial charge in [0.05, 0.1) is 5.41 Å². The van der Waals surface area contributed by atoms with E-state index in [0.717, 1.165) is 5.56 Å². The van der Waals surface area contributed by atoms with Crippen LogP contribution in [-0.4, -0.2) is 23.0 Å². The van der Waals surface area contributed by atoms with Crippen LogP contribution in [0.1, 0.15) is 32.3 Å². The summed E-state index contributed by atoms with van der Waals surface area (Å²) in [5, 5.41) is 11.7. The van der Waals surface area contributed by atoms with Crippen molar-refractivity contribution in [2.75, 3.05) is 0 Å². The fraction of sp³-hybridized carbons (Fsp3) is 0.375. The molecule has 1 rings (SSSR count). The number of carboxylic acid groups (broad SMARTS) is 1. The van der Waals surface area contributed by atoms with Crippen LogP contribution in [0.15, 0.2) is 43.0 Å². The fourth-order valence-corrected chi connectivity index (χ4v) is 1.87. The first-order valence-corrected chi connectivity index (χ1v) is 6.59.